The van der Waals surface area contributed by atoms with Crippen molar-refractivity contribution in [3.05, 3.63) is 37.1 Å². The van der Waals surface area contributed by atoms with Gasteiger partial charge in [-0.1, -0.05) is 0 Å². The van der Waals surface area contributed by atoms with Crippen molar-refractivity contribution >= 4 is 5.69 Å². The number of fused-ring (bicyclic) bond motifs is 1. The number of rotatable bonds is 5. The Morgan fingerprint density at radius 2 is 2.12 bits per heavy atom. The minimum atomic E-state index is -0.703. The van der Waals surface area contributed by atoms with Crippen LogP contribution in [0.25, 0.3) is 0 Å². The quantitative estimate of drug-likeness (QED) is 0.288. The van der Waals surface area contributed by atoms with Crippen molar-refractivity contribution in [3.63, 3.8) is 0 Å². The zero-order chi connectivity index (χ0) is 16.4. The first-order valence-corrected chi connectivity index (χ1v) is 8.60. The van der Waals surface area contributed by atoms with E-state index in [4.69, 9.17) is 10.5 Å². The van der Waals surface area contributed by atoms with Gasteiger partial charge < -0.3 is 34.8 Å². The molecule has 2 aliphatic heterocycles. The predicted molar refractivity (Wildman–Crippen MR) is 98.7 cm³/mol. The van der Waals surface area contributed by atoms with E-state index in [0.717, 1.165) is 73.4 Å². The first-order chi connectivity index (χ1) is 11.1. The van der Waals surface area contributed by atoms with Gasteiger partial charge in [0.25, 0.3) is 0 Å². The number of anilines is 1. The SMILES string of the molecule is [CH2-]CCN1CCC(NC(O)c2cc(C)c(N)c3c2OCC3)CC1.[CH3-].[U+2]. The molecular formula is C19H31N3O2U. The van der Waals surface area contributed by atoms with E-state index >= 15 is 0 Å². The maximum atomic E-state index is 10.7. The zero-order valence-electron chi connectivity index (χ0n) is 15.5. The molecule has 2 aliphatic rings. The molecule has 2 heterocycles. The van der Waals surface area contributed by atoms with Crippen molar-refractivity contribution in [1.29, 1.82) is 0 Å². The van der Waals surface area contributed by atoms with Crippen molar-refractivity contribution in [2.45, 2.75) is 44.9 Å². The molecule has 6 heteroatoms. The molecule has 0 aromatic heterocycles. The van der Waals surface area contributed by atoms with Crippen LogP contribution in [0.3, 0.4) is 0 Å². The van der Waals surface area contributed by atoms with Crippen molar-refractivity contribution in [2.75, 3.05) is 32.0 Å². The zero-order valence-corrected chi connectivity index (χ0v) is 19.6. The van der Waals surface area contributed by atoms with Crippen LogP contribution in [0.15, 0.2) is 6.07 Å². The van der Waals surface area contributed by atoms with Crippen molar-refractivity contribution in [2.24, 2.45) is 0 Å². The van der Waals surface area contributed by atoms with Gasteiger partial charge in [-0.05, 0) is 51.0 Å². The van der Waals surface area contributed by atoms with E-state index in [1.165, 1.54) is 0 Å². The Hall–Kier alpha value is -0.248. The van der Waals surface area contributed by atoms with Gasteiger partial charge in [0.15, 0.2) is 0 Å². The number of hydrogen-bond acceptors (Lipinski definition) is 5. The monoisotopic (exact) mass is 571 g/mol. The van der Waals surface area contributed by atoms with E-state index < -0.39 is 6.23 Å². The number of aryl methyl sites for hydroxylation is 1. The number of benzene rings is 1. The second-order valence-corrected chi connectivity index (χ2v) is 6.64. The standard InChI is InChI=1S/C18H28N3O2.CH3.U/c1-3-7-21-8-4-13(5-9-21)20-18(22)15-11-12(2)16(19)14-6-10-23-17(14)15;;/h11,13,18,20,22H,1,3-10,19H2,2H3;1H3;/q2*-1;+2. The molecule has 0 radical (unpaired) electrons. The van der Waals surface area contributed by atoms with Crippen molar-refractivity contribution in [3.8, 4) is 5.75 Å². The molecule has 1 saturated heterocycles. The largest absolute Gasteiger partial charge is 2.00 e. The van der Waals surface area contributed by atoms with Gasteiger partial charge >= 0.3 is 31.1 Å². The number of hydrogen-bond donors (Lipinski definition) is 3. The summed E-state index contributed by atoms with van der Waals surface area (Å²) >= 11 is 0. The summed E-state index contributed by atoms with van der Waals surface area (Å²) in [5, 5.41) is 14.0. The van der Waals surface area contributed by atoms with Gasteiger partial charge in [0, 0.05) is 29.3 Å². The summed E-state index contributed by atoms with van der Waals surface area (Å²) in [6.45, 7) is 9.74. The molecule has 25 heavy (non-hydrogen) atoms. The van der Waals surface area contributed by atoms with Crippen LogP contribution in [0.1, 0.15) is 42.2 Å². The van der Waals surface area contributed by atoms with Gasteiger partial charge in [0.1, 0.15) is 12.0 Å². The second-order valence-electron chi connectivity index (χ2n) is 6.64. The number of likely N-dealkylation sites (tertiary alicyclic amines) is 1. The van der Waals surface area contributed by atoms with Gasteiger partial charge in [-0.3, -0.25) is 5.32 Å². The van der Waals surface area contributed by atoms with Crippen LogP contribution in [0.4, 0.5) is 5.69 Å². The number of aliphatic hydroxyl groups excluding tert-OH is 1. The summed E-state index contributed by atoms with van der Waals surface area (Å²) < 4.78 is 5.73. The van der Waals surface area contributed by atoms with E-state index in [1.807, 2.05) is 13.0 Å². The number of piperidine rings is 1. The molecule has 1 unspecified atom stereocenters. The van der Waals surface area contributed by atoms with Crippen LogP contribution < -0.4 is 15.8 Å². The number of nitrogens with zero attached hydrogens (tertiary/aromatic N) is 1. The number of nitrogen functional groups attached to an aromatic ring is 1. The van der Waals surface area contributed by atoms with E-state index in [9.17, 15) is 5.11 Å². The average molecular weight is 572 g/mol. The van der Waals surface area contributed by atoms with E-state index in [0.29, 0.717) is 12.6 Å². The van der Waals surface area contributed by atoms with Gasteiger partial charge in [-0.15, -0.1) is 0 Å². The molecule has 1 atom stereocenters. The van der Waals surface area contributed by atoms with Crippen LogP contribution >= 0.6 is 0 Å². The summed E-state index contributed by atoms with van der Waals surface area (Å²) in [5.74, 6) is 0.780. The predicted octanol–water partition coefficient (Wildman–Crippen LogP) is 2.23. The van der Waals surface area contributed by atoms with Crippen LogP contribution in [0.5, 0.6) is 5.75 Å². The molecule has 0 spiro atoms. The molecule has 0 saturated carbocycles. The molecule has 5 nitrogen and oxygen atoms in total. The van der Waals surface area contributed by atoms with Crippen molar-refractivity contribution in [1.82, 2.24) is 10.2 Å². The Kier molecular flexibility index (Phi) is 9.28. The topological polar surface area (TPSA) is 70.8 Å². The number of nitrogens with one attached hydrogen (secondary N) is 1. The van der Waals surface area contributed by atoms with E-state index in [2.05, 4.69) is 17.1 Å². The Balaban J connectivity index is 0.00000156. The maximum Gasteiger partial charge on any atom is 2.00 e. The Morgan fingerprint density at radius 3 is 2.76 bits per heavy atom. The summed E-state index contributed by atoms with van der Waals surface area (Å²) in [5.41, 5.74) is 9.82. The summed E-state index contributed by atoms with van der Waals surface area (Å²) in [7, 11) is 0. The molecular weight excluding hydrogens is 540 g/mol. The van der Waals surface area contributed by atoms with Crippen LogP contribution in [0, 0.1) is 52.4 Å². The van der Waals surface area contributed by atoms with E-state index in [1.54, 1.807) is 0 Å². The number of aliphatic hydroxyl groups is 1. The van der Waals surface area contributed by atoms with Crippen LogP contribution in [-0.2, 0) is 6.42 Å². The number of ether oxygens (including phenoxy) is 1. The molecule has 0 bridgehead atoms. The first kappa shape index (κ1) is 22.8. The third-order valence-corrected chi connectivity index (χ3v) is 5.01. The Morgan fingerprint density at radius 1 is 1.44 bits per heavy atom. The Bertz CT molecular complexity index is 560. The normalized spacial score (nSPS) is 18.7. The van der Waals surface area contributed by atoms with Crippen LogP contribution in [0.2, 0.25) is 0 Å². The third-order valence-electron chi connectivity index (χ3n) is 5.01. The van der Waals surface area contributed by atoms with Gasteiger partial charge in [0.2, 0.25) is 0 Å². The first-order valence-electron chi connectivity index (χ1n) is 8.60. The number of nitrogens with two attached hydrogens (primary N) is 1. The Labute approximate surface area is 176 Å². The molecule has 3 rings (SSSR count). The average Bonchev–Trinajstić information content (AvgIpc) is 3.03. The molecule has 1 aromatic rings. The third kappa shape index (κ3) is 5.14. The fraction of sp³-hybridized carbons (Fsp3) is 0.579. The van der Waals surface area contributed by atoms with Crippen molar-refractivity contribution < 1.29 is 41.0 Å². The summed E-state index contributed by atoms with van der Waals surface area (Å²) in [6.07, 6.45) is 3.17. The molecule has 0 amide bonds. The molecule has 1 aromatic carbocycles. The minimum Gasteiger partial charge on any atom is -0.492 e. The second kappa shape index (κ2) is 10.2. The summed E-state index contributed by atoms with van der Waals surface area (Å²) in [4.78, 5) is 2.44. The van der Waals surface area contributed by atoms with E-state index in [-0.39, 0.29) is 38.5 Å². The molecule has 0 aliphatic carbocycles. The maximum absolute atomic E-state index is 10.7. The minimum absolute atomic E-state index is 0. The fourth-order valence-electron chi connectivity index (χ4n) is 3.65. The molecule has 4 N–H and O–H groups in total. The fourth-order valence-corrected chi connectivity index (χ4v) is 3.65. The molecule has 138 valence electrons. The van der Waals surface area contributed by atoms with Gasteiger partial charge in [0.05, 0.1) is 6.61 Å². The van der Waals surface area contributed by atoms with Gasteiger partial charge in [-0.2, -0.15) is 6.42 Å². The van der Waals surface area contributed by atoms with Gasteiger partial charge in [-0.25, -0.2) is 0 Å². The summed E-state index contributed by atoms with van der Waals surface area (Å²) in [6, 6.07) is 2.29. The smallest absolute Gasteiger partial charge is 0.492 e. The van der Waals surface area contributed by atoms with Crippen LogP contribution in [-0.4, -0.2) is 42.3 Å². The molecule has 1 fully saturated rings.